The van der Waals surface area contributed by atoms with E-state index in [0.29, 0.717) is 11.3 Å². The lowest BCUT2D eigenvalue weighted by molar-refractivity contribution is 0.409. The van der Waals surface area contributed by atoms with Crippen LogP contribution in [0.25, 0.3) is 11.1 Å². The number of rotatable bonds is 2. The number of nitrogen functional groups attached to an aromatic ring is 1. The number of hydrogen-bond donors (Lipinski definition) is 2. The molecule has 0 aliphatic heterocycles. The lowest BCUT2D eigenvalue weighted by Crippen LogP contribution is -1.89. The summed E-state index contributed by atoms with van der Waals surface area (Å²) in [6.45, 7) is 0. The second-order valence-electron chi connectivity index (χ2n) is 2.99. The molecule has 2 rings (SSSR count). The van der Waals surface area contributed by atoms with E-state index in [0.717, 1.165) is 5.56 Å². The quantitative estimate of drug-likeness (QED) is 0.780. The Balaban J connectivity index is 2.58. The number of phenols is 1. The molecular formula is C10H10N2O3. The van der Waals surface area contributed by atoms with E-state index in [2.05, 4.69) is 5.16 Å². The molecule has 2 aromatic rings. The van der Waals surface area contributed by atoms with E-state index < -0.39 is 0 Å². The first-order valence-electron chi connectivity index (χ1n) is 4.30. The predicted molar refractivity (Wildman–Crippen MR) is 54.6 cm³/mol. The van der Waals surface area contributed by atoms with Crippen LogP contribution in [-0.2, 0) is 0 Å². The lowest BCUT2D eigenvalue weighted by Gasteiger charge is -2.06. The summed E-state index contributed by atoms with van der Waals surface area (Å²) < 4.78 is 9.88. The largest absolute Gasteiger partial charge is 0.508 e. The minimum absolute atomic E-state index is 0.130. The maximum atomic E-state index is 9.29. The Labute approximate surface area is 86.1 Å². The van der Waals surface area contributed by atoms with E-state index in [4.69, 9.17) is 15.0 Å². The van der Waals surface area contributed by atoms with Gasteiger partial charge in [0.05, 0.1) is 18.9 Å². The molecule has 0 atom stereocenters. The van der Waals surface area contributed by atoms with Crippen molar-refractivity contribution in [2.24, 2.45) is 0 Å². The zero-order valence-electron chi connectivity index (χ0n) is 8.10. The number of hydrogen-bond acceptors (Lipinski definition) is 5. The first-order chi connectivity index (χ1) is 7.22. The number of aromatic nitrogens is 1. The molecule has 3 N–H and O–H groups in total. The Morgan fingerprint density at radius 1 is 1.40 bits per heavy atom. The van der Waals surface area contributed by atoms with Gasteiger partial charge in [0.1, 0.15) is 11.5 Å². The van der Waals surface area contributed by atoms with Crippen LogP contribution in [0.5, 0.6) is 11.5 Å². The Morgan fingerprint density at radius 2 is 2.20 bits per heavy atom. The molecule has 0 unspecified atom stereocenters. The summed E-state index contributed by atoms with van der Waals surface area (Å²) in [5, 5.41) is 12.9. The third-order valence-corrected chi connectivity index (χ3v) is 2.07. The molecule has 5 heteroatoms. The number of anilines is 1. The second kappa shape index (κ2) is 3.53. The van der Waals surface area contributed by atoms with Crippen molar-refractivity contribution in [3.63, 3.8) is 0 Å². The van der Waals surface area contributed by atoms with Crippen LogP contribution < -0.4 is 10.5 Å². The number of ether oxygens (including phenoxy) is 1. The molecule has 0 spiro atoms. The normalized spacial score (nSPS) is 10.2. The van der Waals surface area contributed by atoms with E-state index in [1.165, 1.54) is 19.4 Å². The van der Waals surface area contributed by atoms with Crippen LogP contribution in [0.1, 0.15) is 0 Å². The standard InChI is InChI=1S/C10H10N2O3/c1-14-9-4-6(13)2-3-7(9)8-5-12-15-10(8)11/h2-5,13H,11H2,1H3. The van der Waals surface area contributed by atoms with Crippen LogP contribution >= 0.6 is 0 Å². The molecular weight excluding hydrogens is 196 g/mol. The topological polar surface area (TPSA) is 81.5 Å². The summed E-state index contributed by atoms with van der Waals surface area (Å²) in [7, 11) is 1.52. The van der Waals surface area contributed by atoms with E-state index in [1.54, 1.807) is 12.1 Å². The number of aromatic hydroxyl groups is 1. The monoisotopic (exact) mass is 206 g/mol. The fourth-order valence-corrected chi connectivity index (χ4v) is 1.35. The van der Waals surface area contributed by atoms with Crippen molar-refractivity contribution < 1.29 is 14.4 Å². The van der Waals surface area contributed by atoms with Gasteiger partial charge >= 0.3 is 0 Å². The van der Waals surface area contributed by atoms with Gasteiger partial charge in [-0.3, -0.25) is 0 Å². The average molecular weight is 206 g/mol. The zero-order valence-corrected chi connectivity index (χ0v) is 8.10. The maximum absolute atomic E-state index is 9.29. The van der Waals surface area contributed by atoms with Crippen molar-refractivity contribution in [3.8, 4) is 22.6 Å². The molecule has 0 radical (unpaired) electrons. The minimum Gasteiger partial charge on any atom is -0.508 e. The molecule has 5 nitrogen and oxygen atoms in total. The van der Waals surface area contributed by atoms with Gasteiger partial charge in [0.15, 0.2) is 0 Å². The SMILES string of the molecule is COc1cc(O)ccc1-c1cnoc1N. The van der Waals surface area contributed by atoms with Crippen LogP contribution in [0, 0.1) is 0 Å². The highest BCUT2D eigenvalue weighted by Gasteiger charge is 2.12. The van der Waals surface area contributed by atoms with E-state index >= 15 is 0 Å². The van der Waals surface area contributed by atoms with Crippen molar-refractivity contribution in [3.05, 3.63) is 24.4 Å². The van der Waals surface area contributed by atoms with Gasteiger partial charge in [0, 0.05) is 11.6 Å². The molecule has 0 amide bonds. The van der Waals surface area contributed by atoms with Crippen LogP contribution in [0.3, 0.4) is 0 Å². The van der Waals surface area contributed by atoms with E-state index in [1.807, 2.05) is 0 Å². The van der Waals surface area contributed by atoms with Gasteiger partial charge in [0.25, 0.3) is 0 Å². The average Bonchev–Trinajstić information content (AvgIpc) is 2.64. The van der Waals surface area contributed by atoms with Crippen molar-refractivity contribution in [2.75, 3.05) is 12.8 Å². The summed E-state index contributed by atoms with van der Waals surface area (Å²) in [5.41, 5.74) is 6.96. The zero-order chi connectivity index (χ0) is 10.8. The first-order valence-corrected chi connectivity index (χ1v) is 4.30. The second-order valence-corrected chi connectivity index (χ2v) is 2.99. The summed E-state index contributed by atoms with van der Waals surface area (Å²) in [5.74, 6) is 0.870. The molecule has 0 aliphatic rings. The van der Waals surface area contributed by atoms with Crippen molar-refractivity contribution in [2.45, 2.75) is 0 Å². The summed E-state index contributed by atoms with van der Waals surface area (Å²) in [4.78, 5) is 0. The lowest BCUT2D eigenvalue weighted by atomic mass is 10.1. The summed E-state index contributed by atoms with van der Waals surface area (Å²) >= 11 is 0. The Kier molecular flexibility index (Phi) is 2.21. The molecule has 78 valence electrons. The number of methoxy groups -OCH3 is 1. The first kappa shape index (κ1) is 9.39. The van der Waals surface area contributed by atoms with E-state index in [9.17, 15) is 5.11 Å². The molecule has 0 aliphatic carbocycles. The van der Waals surface area contributed by atoms with Crippen LogP contribution in [0.2, 0.25) is 0 Å². The van der Waals surface area contributed by atoms with Gasteiger partial charge in [-0.05, 0) is 12.1 Å². The van der Waals surface area contributed by atoms with Gasteiger partial charge < -0.3 is 20.1 Å². The van der Waals surface area contributed by atoms with Crippen LogP contribution in [-0.4, -0.2) is 17.4 Å². The van der Waals surface area contributed by atoms with Gasteiger partial charge in [-0.25, -0.2) is 0 Å². The highest BCUT2D eigenvalue weighted by molar-refractivity contribution is 5.77. The number of phenolic OH excluding ortho intramolecular Hbond substituents is 1. The third kappa shape index (κ3) is 1.59. The molecule has 15 heavy (non-hydrogen) atoms. The molecule has 0 bridgehead atoms. The third-order valence-electron chi connectivity index (χ3n) is 2.07. The summed E-state index contributed by atoms with van der Waals surface area (Å²) in [6, 6.07) is 4.74. The smallest absolute Gasteiger partial charge is 0.230 e. The fourth-order valence-electron chi connectivity index (χ4n) is 1.35. The predicted octanol–water partition coefficient (Wildman–Crippen LogP) is 1.64. The highest BCUT2D eigenvalue weighted by Crippen LogP contribution is 2.35. The number of nitrogens with two attached hydrogens (primary N) is 1. The molecule has 0 fully saturated rings. The van der Waals surface area contributed by atoms with E-state index in [-0.39, 0.29) is 11.6 Å². The van der Waals surface area contributed by atoms with Crippen molar-refractivity contribution in [1.29, 1.82) is 0 Å². The molecule has 0 saturated heterocycles. The Hall–Kier alpha value is -2.17. The van der Waals surface area contributed by atoms with Crippen molar-refractivity contribution in [1.82, 2.24) is 5.16 Å². The van der Waals surface area contributed by atoms with Crippen molar-refractivity contribution >= 4 is 5.88 Å². The Bertz CT molecular complexity index is 479. The van der Waals surface area contributed by atoms with Gasteiger partial charge in [-0.2, -0.15) is 0 Å². The highest BCUT2D eigenvalue weighted by atomic mass is 16.5. The minimum atomic E-state index is 0.130. The fraction of sp³-hybridized carbons (Fsp3) is 0.100. The molecule has 1 aromatic carbocycles. The Morgan fingerprint density at radius 3 is 2.80 bits per heavy atom. The number of benzene rings is 1. The van der Waals surface area contributed by atoms with Crippen LogP contribution in [0.15, 0.2) is 28.9 Å². The molecule has 0 saturated carbocycles. The van der Waals surface area contributed by atoms with Crippen LogP contribution in [0.4, 0.5) is 5.88 Å². The summed E-state index contributed by atoms with van der Waals surface area (Å²) in [6.07, 6.45) is 1.50. The molecule has 1 aromatic heterocycles. The van der Waals surface area contributed by atoms with Gasteiger partial charge in [0.2, 0.25) is 5.88 Å². The number of nitrogens with zero attached hydrogens (tertiary/aromatic N) is 1. The molecule has 1 heterocycles. The maximum Gasteiger partial charge on any atom is 0.230 e. The van der Waals surface area contributed by atoms with Gasteiger partial charge in [-0.1, -0.05) is 5.16 Å². The van der Waals surface area contributed by atoms with Gasteiger partial charge in [-0.15, -0.1) is 0 Å².